The normalized spacial score (nSPS) is 28.7. The molecule has 0 radical (unpaired) electrons. The van der Waals surface area contributed by atoms with Gasteiger partial charge in [0.25, 0.3) is 0 Å². The second-order valence-corrected chi connectivity index (χ2v) is 11.3. The maximum absolute atomic E-state index is 6.50. The van der Waals surface area contributed by atoms with E-state index in [-0.39, 0.29) is 11.0 Å². The molecule has 0 saturated carbocycles. The van der Waals surface area contributed by atoms with Gasteiger partial charge < -0.3 is 9.47 Å². The minimum Gasteiger partial charge on any atom is -0.381 e. The van der Waals surface area contributed by atoms with Gasteiger partial charge in [0.15, 0.2) is 0 Å². The summed E-state index contributed by atoms with van der Waals surface area (Å²) in [6, 6.07) is 2.90. The van der Waals surface area contributed by atoms with Gasteiger partial charge >= 0.3 is 0 Å². The summed E-state index contributed by atoms with van der Waals surface area (Å²) in [6.07, 6.45) is 8.67. The van der Waals surface area contributed by atoms with Crippen LogP contribution in [0.25, 0.3) is 0 Å². The van der Waals surface area contributed by atoms with Crippen LogP contribution in [0.2, 0.25) is 0 Å². The summed E-state index contributed by atoms with van der Waals surface area (Å²) in [4.78, 5) is 5.62. The van der Waals surface area contributed by atoms with E-state index >= 15 is 0 Å². The maximum atomic E-state index is 6.50. The average Bonchev–Trinajstić information content (AvgIpc) is 3.38. The van der Waals surface area contributed by atoms with Gasteiger partial charge in [0, 0.05) is 61.3 Å². The summed E-state index contributed by atoms with van der Waals surface area (Å²) in [5.74, 6) is 0. The summed E-state index contributed by atoms with van der Waals surface area (Å²) < 4.78 is 14.1. The van der Waals surface area contributed by atoms with Gasteiger partial charge in [0.2, 0.25) is 0 Å². The molecule has 0 N–H and O–H groups in total. The van der Waals surface area contributed by atoms with E-state index in [1.165, 1.54) is 10.4 Å². The molecule has 3 aliphatic heterocycles. The van der Waals surface area contributed by atoms with Crippen molar-refractivity contribution < 1.29 is 9.47 Å². The van der Waals surface area contributed by atoms with Crippen molar-refractivity contribution in [3.8, 4) is 0 Å². The van der Waals surface area contributed by atoms with Crippen LogP contribution in [0.3, 0.4) is 0 Å². The highest BCUT2D eigenvalue weighted by Crippen LogP contribution is 2.46. The lowest BCUT2D eigenvalue weighted by Crippen LogP contribution is -2.50. The zero-order chi connectivity index (χ0) is 21.5. The summed E-state index contributed by atoms with van der Waals surface area (Å²) >= 11 is 2.00. The van der Waals surface area contributed by atoms with Gasteiger partial charge in [-0.05, 0) is 56.1 Å². The van der Waals surface area contributed by atoms with Crippen LogP contribution in [-0.4, -0.2) is 52.3 Å². The van der Waals surface area contributed by atoms with E-state index in [2.05, 4.69) is 48.2 Å². The van der Waals surface area contributed by atoms with Crippen molar-refractivity contribution in [1.29, 1.82) is 0 Å². The molecule has 0 aliphatic carbocycles. The first kappa shape index (κ1) is 21.6. The first-order valence-corrected chi connectivity index (χ1v) is 12.8. The molecule has 31 heavy (non-hydrogen) atoms. The fraction of sp³-hybridized carbons (Fsp3) is 0.750. The smallest absolute Gasteiger partial charge is 0.0969 e. The number of thiophene rings is 1. The van der Waals surface area contributed by atoms with Crippen LogP contribution in [0.15, 0.2) is 12.3 Å². The average molecular weight is 445 g/mol. The number of ether oxygens (including phenoxy) is 2. The largest absolute Gasteiger partial charge is 0.381 e. The molecule has 2 aromatic heterocycles. The van der Waals surface area contributed by atoms with Crippen LogP contribution in [0.4, 0.5) is 0 Å². The molecule has 5 heterocycles. The monoisotopic (exact) mass is 444 g/mol. The molecule has 2 fully saturated rings. The molecule has 0 unspecified atom stereocenters. The zero-order valence-corrected chi connectivity index (χ0v) is 20.0. The number of hydrogen-bond donors (Lipinski definition) is 0. The van der Waals surface area contributed by atoms with Crippen LogP contribution >= 0.6 is 11.3 Å². The van der Waals surface area contributed by atoms with Crippen LogP contribution in [-0.2, 0) is 41.0 Å². The van der Waals surface area contributed by atoms with Gasteiger partial charge in [0.05, 0.1) is 17.9 Å². The molecular weight excluding hydrogens is 408 g/mol. The highest BCUT2D eigenvalue weighted by atomic mass is 32.1. The van der Waals surface area contributed by atoms with Gasteiger partial charge in [-0.1, -0.05) is 19.1 Å². The molecule has 2 aromatic rings. The quantitative estimate of drug-likeness (QED) is 0.693. The Labute approximate surface area is 189 Å². The van der Waals surface area contributed by atoms with Gasteiger partial charge in [-0.3, -0.25) is 9.58 Å². The van der Waals surface area contributed by atoms with Gasteiger partial charge in [-0.15, -0.1) is 16.4 Å². The number of aromatic nitrogens is 3. The Morgan fingerprint density at radius 3 is 2.84 bits per heavy atom. The van der Waals surface area contributed by atoms with Crippen molar-refractivity contribution in [2.45, 2.75) is 84.0 Å². The predicted molar refractivity (Wildman–Crippen MR) is 122 cm³/mol. The molecule has 0 amide bonds. The molecule has 5 rings (SSSR count). The third kappa shape index (κ3) is 4.34. The topological polar surface area (TPSA) is 52.4 Å². The Kier molecular flexibility index (Phi) is 5.97. The lowest BCUT2D eigenvalue weighted by atomic mass is 9.79. The van der Waals surface area contributed by atoms with Crippen molar-refractivity contribution in [3.63, 3.8) is 0 Å². The van der Waals surface area contributed by atoms with E-state index in [4.69, 9.17) is 9.47 Å². The first-order valence-electron chi connectivity index (χ1n) is 12.0. The van der Waals surface area contributed by atoms with Crippen LogP contribution in [0.1, 0.15) is 67.5 Å². The Balaban J connectivity index is 1.24. The van der Waals surface area contributed by atoms with Gasteiger partial charge in [-0.25, -0.2) is 0 Å². The Morgan fingerprint density at radius 1 is 1.23 bits per heavy atom. The first-order chi connectivity index (χ1) is 15.0. The van der Waals surface area contributed by atoms with E-state index in [1.54, 1.807) is 4.88 Å². The second kappa shape index (κ2) is 8.58. The van der Waals surface area contributed by atoms with E-state index in [9.17, 15) is 0 Å². The number of hydrogen-bond acceptors (Lipinski definition) is 6. The van der Waals surface area contributed by atoms with Crippen molar-refractivity contribution in [1.82, 2.24) is 19.9 Å². The molecule has 0 bridgehead atoms. The van der Waals surface area contributed by atoms with E-state index in [0.29, 0.717) is 6.04 Å². The number of aryl methyl sites for hydroxylation is 1. The van der Waals surface area contributed by atoms with Crippen molar-refractivity contribution >= 4 is 11.3 Å². The van der Waals surface area contributed by atoms with E-state index < -0.39 is 0 Å². The number of nitrogens with zero attached hydrogens (tertiary/aromatic N) is 4. The SMILES string of the molecule is CCc1cc2c(s1)CCO[C@@]21CCN(Cc2cn(CC3(C)CCOCC3)nn2)[C@@H](C)C1. The summed E-state index contributed by atoms with van der Waals surface area (Å²) in [7, 11) is 0. The van der Waals surface area contributed by atoms with Crippen molar-refractivity contribution in [3.05, 3.63) is 33.3 Å². The minimum absolute atomic E-state index is 0.0807. The molecule has 170 valence electrons. The Bertz CT molecular complexity index is 903. The highest BCUT2D eigenvalue weighted by molar-refractivity contribution is 7.12. The van der Waals surface area contributed by atoms with E-state index in [1.807, 2.05) is 16.0 Å². The highest BCUT2D eigenvalue weighted by Gasteiger charge is 2.44. The molecule has 3 aliphatic rings. The molecular formula is C24H36N4O2S. The van der Waals surface area contributed by atoms with Crippen molar-refractivity contribution in [2.75, 3.05) is 26.4 Å². The fourth-order valence-corrected chi connectivity index (χ4v) is 6.80. The zero-order valence-electron chi connectivity index (χ0n) is 19.2. The Morgan fingerprint density at radius 2 is 2.06 bits per heavy atom. The maximum Gasteiger partial charge on any atom is 0.0969 e. The summed E-state index contributed by atoms with van der Waals surface area (Å²) in [5.41, 5.74) is 2.75. The second-order valence-electron chi connectivity index (χ2n) is 10.1. The number of fused-ring (bicyclic) bond motifs is 2. The molecule has 6 nitrogen and oxygen atoms in total. The molecule has 0 aromatic carbocycles. The standard InChI is InChI=1S/C24H36N4O2S/c1-4-20-13-21-22(31-20)5-10-30-24(21)6-9-27(18(2)14-24)15-19-16-28(26-25-19)17-23(3)7-11-29-12-8-23/h13,16,18H,4-12,14-15,17H2,1-3H3/t18-,24+/m0/s1. The van der Waals surface area contributed by atoms with Crippen molar-refractivity contribution in [2.24, 2.45) is 5.41 Å². The number of piperidine rings is 1. The van der Waals surface area contributed by atoms with Crippen LogP contribution in [0, 0.1) is 5.41 Å². The van der Waals surface area contributed by atoms with E-state index in [0.717, 1.165) is 83.7 Å². The lowest BCUT2D eigenvalue weighted by Gasteiger charge is -2.47. The molecule has 2 atom stereocenters. The molecule has 2 saturated heterocycles. The number of likely N-dealkylation sites (tertiary alicyclic amines) is 1. The minimum atomic E-state index is -0.0807. The van der Waals surface area contributed by atoms with Crippen LogP contribution < -0.4 is 0 Å². The lowest BCUT2D eigenvalue weighted by molar-refractivity contribution is -0.112. The third-order valence-electron chi connectivity index (χ3n) is 7.65. The van der Waals surface area contributed by atoms with Gasteiger partial charge in [0.1, 0.15) is 0 Å². The molecule has 1 spiro atoms. The fourth-order valence-electron chi connectivity index (χ4n) is 5.62. The van der Waals surface area contributed by atoms with Gasteiger partial charge in [-0.2, -0.15) is 0 Å². The number of rotatable bonds is 5. The summed E-state index contributed by atoms with van der Waals surface area (Å²) in [5, 5.41) is 8.95. The third-order valence-corrected chi connectivity index (χ3v) is 8.99. The Hall–Kier alpha value is -1.28. The summed E-state index contributed by atoms with van der Waals surface area (Å²) in [6.45, 7) is 12.4. The van der Waals surface area contributed by atoms with Crippen LogP contribution in [0.5, 0.6) is 0 Å². The molecule has 7 heteroatoms. The predicted octanol–water partition coefficient (Wildman–Crippen LogP) is 4.17.